The lowest BCUT2D eigenvalue weighted by atomic mass is 9.89. The van der Waals surface area contributed by atoms with Gasteiger partial charge in [0.2, 0.25) is 0 Å². The molecule has 4 N–H and O–H groups in total. The fraction of sp³-hybridized carbons (Fsp3) is 0.478. The molecule has 0 saturated carbocycles. The molecule has 0 unspecified atom stereocenters. The van der Waals surface area contributed by atoms with E-state index in [9.17, 15) is 20.4 Å². The molecule has 1 saturated heterocycles. The van der Waals surface area contributed by atoms with Crippen molar-refractivity contribution in [1.29, 1.82) is 0 Å². The van der Waals surface area contributed by atoms with Gasteiger partial charge in [-0.05, 0) is 54.7 Å². The number of thioether (sulfide) groups is 1. The molecule has 2 aliphatic rings. The lowest BCUT2D eigenvalue weighted by Crippen LogP contribution is -2.58. The quantitative estimate of drug-likeness (QED) is 0.572. The second kappa shape index (κ2) is 8.49. The first-order valence-electron chi connectivity index (χ1n) is 10.2. The van der Waals surface area contributed by atoms with Crippen molar-refractivity contribution < 1.29 is 29.9 Å². The van der Waals surface area contributed by atoms with Crippen molar-refractivity contribution in [1.82, 2.24) is 0 Å². The zero-order valence-corrected chi connectivity index (χ0v) is 17.9. The molecule has 0 aliphatic carbocycles. The average molecular weight is 433 g/mol. The number of aliphatic hydroxyl groups is 4. The van der Waals surface area contributed by atoms with Crippen LogP contribution in [0.2, 0.25) is 0 Å². The zero-order chi connectivity index (χ0) is 21.5. The van der Waals surface area contributed by atoms with E-state index >= 15 is 0 Å². The topological polar surface area (TPSA) is 99.4 Å². The minimum Gasteiger partial charge on any atom is -0.494 e. The summed E-state index contributed by atoms with van der Waals surface area (Å²) in [6.45, 7) is 4.62. The van der Waals surface area contributed by atoms with E-state index in [-0.39, 0.29) is 6.61 Å². The third-order valence-corrected chi connectivity index (χ3v) is 7.62. The van der Waals surface area contributed by atoms with Gasteiger partial charge in [0, 0.05) is 5.56 Å². The summed E-state index contributed by atoms with van der Waals surface area (Å²) in [5, 5.41) is 40.5. The highest BCUT2D eigenvalue weighted by Crippen LogP contribution is 2.54. The number of hydrogen-bond acceptors (Lipinski definition) is 7. The summed E-state index contributed by atoms with van der Waals surface area (Å²) in [6.07, 6.45) is -3.22. The lowest BCUT2D eigenvalue weighted by molar-refractivity contribution is -0.147. The van der Waals surface area contributed by atoms with Crippen molar-refractivity contribution in [3.63, 3.8) is 0 Å². The maximum absolute atomic E-state index is 10.8. The summed E-state index contributed by atoms with van der Waals surface area (Å²) in [5.41, 5.74) is 5.11. The Kier molecular flexibility index (Phi) is 6.12. The molecule has 0 amide bonds. The van der Waals surface area contributed by atoms with E-state index in [2.05, 4.69) is 13.0 Å². The second-order valence-corrected chi connectivity index (χ2v) is 9.36. The molecular weight excluding hydrogens is 404 g/mol. The van der Waals surface area contributed by atoms with E-state index in [1.165, 1.54) is 11.8 Å². The molecule has 6 nitrogen and oxygen atoms in total. The van der Waals surface area contributed by atoms with Crippen molar-refractivity contribution in [3.05, 3.63) is 64.2 Å². The molecule has 162 valence electrons. The molecule has 1 fully saturated rings. The SMILES string of the molecule is CCOc1ccc(Cc2cc3c(cc2C)CO[C@]32S[C@H](CO)[C@@H](O)[C@H](O)[C@H]2O)cc1. The van der Waals surface area contributed by atoms with Crippen LogP contribution in [0.15, 0.2) is 36.4 Å². The Bertz CT molecular complexity index is 899. The summed E-state index contributed by atoms with van der Waals surface area (Å²) in [6, 6.07) is 12.1. The molecule has 30 heavy (non-hydrogen) atoms. The molecule has 4 rings (SSSR count). The van der Waals surface area contributed by atoms with Crippen molar-refractivity contribution in [3.8, 4) is 5.75 Å². The monoisotopic (exact) mass is 432 g/mol. The molecule has 2 aromatic rings. The van der Waals surface area contributed by atoms with E-state index < -0.39 is 28.5 Å². The molecule has 5 atom stereocenters. The van der Waals surface area contributed by atoms with Gasteiger partial charge in [-0.1, -0.05) is 24.3 Å². The molecule has 0 bridgehead atoms. The highest BCUT2D eigenvalue weighted by Gasteiger charge is 2.57. The van der Waals surface area contributed by atoms with Crippen LogP contribution in [0.25, 0.3) is 0 Å². The van der Waals surface area contributed by atoms with Crippen LogP contribution in [0.4, 0.5) is 0 Å². The van der Waals surface area contributed by atoms with Crippen LogP contribution in [0.3, 0.4) is 0 Å². The van der Waals surface area contributed by atoms with E-state index in [0.717, 1.165) is 33.6 Å². The first-order valence-corrected chi connectivity index (χ1v) is 11.1. The van der Waals surface area contributed by atoms with E-state index in [0.29, 0.717) is 19.6 Å². The molecular formula is C23H28O6S. The highest BCUT2D eigenvalue weighted by molar-refractivity contribution is 8.00. The number of ether oxygens (including phenoxy) is 2. The molecule has 0 radical (unpaired) electrons. The third kappa shape index (κ3) is 3.64. The maximum Gasteiger partial charge on any atom is 0.168 e. The van der Waals surface area contributed by atoms with Crippen LogP contribution in [0.1, 0.15) is 34.7 Å². The number of aryl methyl sites for hydroxylation is 1. The van der Waals surface area contributed by atoms with Gasteiger partial charge < -0.3 is 29.9 Å². The molecule has 7 heteroatoms. The summed E-state index contributed by atoms with van der Waals surface area (Å²) >= 11 is 1.18. The molecule has 1 spiro atoms. The average Bonchev–Trinajstić information content (AvgIpc) is 3.09. The van der Waals surface area contributed by atoms with Crippen LogP contribution < -0.4 is 4.74 Å². The predicted octanol–water partition coefficient (Wildman–Crippen LogP) is 1.86. The van der Waals surface area contributed by atoms with Crippen molar-refractivity contribution in [2.75, 3.05) is 13.2 Å². The van der Waals surface area contributed by atoms with Crippen molar-refractivity contribution in [2.45, 2.75) is 55.4 Å². The Balaban J connectivity index is 1.67. The fourth-order valence-corrected chi connectivity index (χ4v) is 5.83. The molecule has 0 aromatic heterocycles. The summed E-state index contributed by atoms with van der Waals surface area (Å²) in [7, 11) is 0. The molecule has 2 aromatic carbocycles. The first-order chi connectivity index (χ1) is 14.4. The van der Waals surface area contributed by atoms with Gasteiger partial charge in [-0.25, -0.2) is 0 Å². The van der Waals surface area contributed by atoms with Crippen LogP contribution >= 0.6 is 11.8 Å². The van der Waals surface area contributed by atoms with Crippen LogP contribution in [-0.2, 0) is 22.7 Å². The van der Waals surface area contributed by atoms with Gasteiger partial charge >= 0.3 is 0 Å². The molecule has 2 aliphatic heterocycles. The van der Waals surface area contributed by atoms with E-state index in [4.69, 9.17) is 9.47 Å². The van der Waals surface area contributed by atoms with Crippen LogP contribution in [0.5, 0.6) is 5.75 Å². The number of benzene rings is 2. The minimum absolute atomic E-state index is 0.310. The Morgan fingerprint density at radius 3 is 2.53 bits per heavy atom. The number of hydrogen-bond donors (Lipinski definition) is 4. The smallest absolute Gasteiger partial charge is 0.168 e. The largest absolute Gasteiger partial charge is 0.494 e. The van der Waals surface area contributed by atoms with Crippen LogP contribution in [-0.4, -0.2) is 57.2 Å². The van der Waals surface area contributed by atoms with Gasteiger partial charge in [0.15, 0.2) is 4.93 Å². The fourth-order valence-electron chi connectivity index (χ4n) is 4.28. The predicted molar refractivity (Wildman–Crippen MR) is 115 cm³/mol. The first kappa shape index (κ1) is 21.6. The van der Waals surface area contributed by atoms with Gasteiger partial charge in [0.25, 0.3) is 0 Å². The van der Waals surface area contributed by atoms with Gasteiger partial charge in [-0.3, -0.25) is 0 Å². The number of rotatable bonds is 5. The Labute approximate surface area is 180 Å². The molecule has 2 heterocycles. The van der Waals surface area contributed by atoms with Crippen LogP contribution in [0, 0.1) is 6.92 Å². The second-order valence-electron chi connectivity index (χ2n) is 7.91. The summed E-state index contributed by atoms with van der Waals surface area (Å²) < 4.78 is 11.5. The number of fused-ring (bicyclic) bond motifs is 2. The normalized spacial score (nSPS) is 30.5. The lowest BCUT2D eigenvalue weighted by Gasteiger charge is -2.45. The standard InChI is InChI=1S/C23H28O6S/c1-3-28-17-6-4-14(5-7-17)9-15-10-18-16(8-13(15)2)12-29-23(18)22(27)21(26)20(25)19(11-24)30-23/h4-8,10,19-22,24-27H,3,9,11-12H2,1-2H3/t19-,20-,21+,22-,23+/m1/s1. The summed E-state index contributed by atoms with van der Waals surface area (Å²) in [4.78, 5) is -1.21. The minimum atomic E-state index is -1.40. The Morgan fingerprint density at radius 1 is 1.13 bits per heavy atom. The Morgan fingerprint density at radius 2 is 1.87 bits per heavy atom. The van der Waals surface area contributed by atoms with Gasteiger partial charge in [-0.15, -0.1) is 11.8 Å². The summed E-state index contributed by atoms with van der Waals surface area (Å²) in [5.74, 6) is 0.837. The maximum atomic E-state index is 10.8. The van der Waals surface area contributed by atoms with Gasteiger partial charge in [0.1, 0.15) is 18.0 Å². The Hall–Kier alpha value is -1.61. The van der Waals surface area contributed by atoms with Gasteiger partial charge in [-0.2, -0.15) is 0 Å². The third-order valence-electron chi connectivity index (χ3n) is 5.96. The van der Waals surface area contributed by atoms with E-state index in [1.54, 1.807) is 0 Å². The zero-order valence-electron chi connectivity index (χ0n) is 17.1. The number of aliphatic hydroxyl groups excluding tert-OH is 4. The van der Waals surface area contributed by atoms with Gasteiger partial charge in [0.05, 0.1) is 31.2 Å². The van der Waals surface area contributed by atoms with Crippen molar-refractivity contribution in [2.24, 2.45) is 0 Å². The van der Waals surface area contributed by atoms with E-state index in [1.807, 2.05) is 37.3 Å². The van der Waals surface area contributed by atoms with Crippen molar-refractivity contribution >= 4 is 11.8 Å². The highest BCUT2D eigenvalue weighted by atomic mass is 32.2.